The van der Waals surface area contributed by atoms with Crippen LogP contribution in [0.1, 0.15) is 25.7 Å². The van der Waals surface area contributed by atoms with E-state index in [0.717, 1.165) is 57.7 Å². The Balaban J connectivity index is 1.43. The molecule has 3 rings (SSSR count). The quantitative estimate of drug-likeness (QED) is 0.642. The van der Waals surface area contributed by atoms with Crippen molar-refractivity contribution in [2.75, 3.05) is 38.2 Å². The Morgan fingerprint density at radius 1 is 1.17 bits per heavy atom. The minimum absolute atomic E-state index is 0.0596. The number of hydrogen-bond acceptors (Lipinski definition) is 7. The van der Waals surface area contributed by atoms with Crippen molar-refractivity contribution in [3.05, 3.63) is 0 Å². The first-order valence-corrected chi connectivity index (χ1v) is 11.6. The van der Waals surface area contributed by atoms with Crippen LogP contribution in [0.5, 0.6) is 0 Å². The minimum Gasteiger partial charge on any atom is -0.359 e. The molecule has 2 saturated heterocycles. The van der Waals surface area contributed by atoms with Gasteiger partial charge in [0, 0.05) is 37.7 Å². The largest absolute Gasteiger partial charge is 0.359 e. The average molecular weight is 364 g/mol. The molecule has 0 radical (unpaired) electrons. The van der Waals surface area contributed by atoms with Gasteiger partial charge in [-0.2, -0.15) is 0 Å². The maximum absolute atomic E-state index is 11.7. The highest BCUT2D eigenvalue weighted by atomic mass is 32.2. The zero-order valence-electron chi connectivity index (χ0n) is 13.8. The van der Waals surface area contributed by atoms with Gasteiger partial charge in [-0.1, -0.05) is 0 Å². The minimum atomic E-state index is -2.88. The van der Waals surface area contributed by atoms with Gasteiger partial charge in [0.25, 0.3) is 0 Å². The molecular formula is C15H29N3O3S2. The molecule has 8 heteroatoms. The summed E-state index contributed by atoms with van der Waals surface area (Å²) in [5.41, 5.74) is 0. The lowest BCUT2D eigenvalue weighted by atomic mass is 9.83. The highest BCUT2D eigenvalue weighted by molar-refractivity contribution is 8.00. The number of nitrogens with one attached hydrogen (secondary N) is 3. The summed E-state index contributed by atoms with van der Waals surface area (Å²) in [4.78, 5) is 0. The van der Waals surface area contributed by atoms with Crippen molar-refractivity contribution < 1.29 is 13.2 Å². The van der Waals surface area contributed by atoms with E-state index in [2.05, 4.69) is 16.0 Å². The van der Waals surface area contributed by atoms with Crippen LogP contribution in [0, 0.1) is 5.92 Å². The second kappa shape index (κ2) is 8.01. The van der Waals surface area contributed by atoms with E-state index in [9.17, 15) is 8.42 Å². The van der Waals surface area contributed by atoms with Gasteiger partial charge in [-0.15, -0.1) is 11.8 Å². The predicted octanol–water partition coefficient (Wildman–Crippen LogP) is 0.156. The molecule has 3 fully saturated rings. The summed E-state index contributed by atoms with van der Waals surface area (Å²) in [6, 6.07) is 0.387. The van der Waals surface area contributed by atoms with E-state index in [1.165, 1.54) is 6.26 Å². The lowest BCUT2D eigenvalue weighted by Crippen LogP contribution is -2.59. The lowest BCUT2D eigenvalue weighted by molar-refractivity contribution is -0.00171. The summed E-state index contributed by atoms with van der Waals surface area (Å²) < 4.78 is 29.4. The Morgan fingerprint density at radius 3 is 2.61 bits per heavy atom. The standard InChI is InChI=1S/C15H29N3O3S2/c1-23(19,20)12-4-2-11(3-5-12)13-8-16-9-14(18-13)21-10-15-17-6-7-22-15/h11-18H,2-10H2,1H3. The second-order valence-corrected chi connectivity index (χ2v) is 10.6. The molecule has 23 heavy (non-hydrogen) atoms. The summed E-state index contributed by atoms with van der Waals surface area (Å²) in [5.74, 6) is 1.71. The van der Waals surface area contributed by atoms with Crippen molar-refractivity contribution in [2.45, 2.75) is 48.6 Å². The van der Waals surface area contributed by atoms with E-state index >= 15 is 0 Å². The average Bonchev–Trinajstić information content (AvgIpc) is 3.06. The highest BCUT2D eigenvalue weighted by Gasteiger charge is 2.34. The van der Waals surface area contributed by atoms with Crippen molar-refractivity contribution in [2.24, 2.45) is 5.92 Å². The van der Waals surface area contributed by atoms with E-state index in [4.69, 9.17) is 4.74 Å². The van der Waals surface area contributed by atoms with Gasteiger partial charge in [-0.05, 0) is 31.6 Å². The number of sulfone groups is 1. The molecule has 0 aromatic heterocycles. The normalized spacial score (nSPS) is 39.4. The monoisotopic (exact) mass is 363 g/mol. The summed E-state index contributed by atoms with van der Waals surface area (Å²) in [5, 5.41) is 10.8. The van der Waals surface area contributed by atoms with E-state index in [-0.39, 0.29) is 11.5 Å². The number of ether oxygens (including phenoxy) is 1. The van der Waals surface area contributed by atoms with Crippen LogP contribution in [0.25, 0.3) is 0 Å². The van der Waals surface area contributed by atoms with Gasteiger partial charge in [0.15, 0.2) is 0 Å². The molecule has 134 valence electrons. The molecule has 1 saturated carbocycles. The Kier molecular flexibility index (Phi) is 6.25. The molecule has 2 heterocycles. The fourth-order valence-corrected chi connectivity index (χ4v) is 5.91. The smallest absolute Gasteiger partial charge is 0.150 e. The fraction of sp³-hybridized carbons (Fsp3) is 1.00. The molecule has 0 amide bonds. The van der Waals surface area contributed by atoms with Crippen molar-refractivity contribution in [1.29, 1.82) is 0 Å². The summed E-state index contributed by atoms with van der Waals surface area (Å²) in [7, 11) is -2.88. The summed E-state index contributed by atoms with van der Waals surface area (Å²) in [6.07, 6.45) is 5.01. The van der Waals surface area contributed by atoms with Crippen LogP contribution in [0.4, 0.5) is 0 Å². The predicted molar refractivity (Wildman–Crippen MR) is 94.4 cm³/mol. The molecule has 3 atom stereocenters. The summed E-state index contributed by atoms with van der Waals surface area (Å²) >= 11 is 1.92. The number of hydrogen-bond donors (Lipinski definition) is 3. The van der Waals surface area contributed by atoms with Gasteiger partial charge in [0.2, 0.25) is 0 Å². The SMILES string of the molecule is CS(=O)(=O)C1CCC(C2CNCC(OCC3NCCS3)N2)CC1. The van der Waals surface area contributed by atoms with E-state index in [0.29, 0.717) is 17.3 Å². The molecule has 0 aromatic carbocycles. The van der Waals surface area contributed by atoms with E-state index in [1.807, 2.05) is 11.8 Å². The number of thioether (sulfide) groups is 1. The van der Waals surface area contributed by atoms with Crippen LogP contribution in [-0.2, 0) is 14.6 Å². The topological polar surface area (TPSA) is 79.5 Å². The van der Waals surface area contributed by atoms with E-state index in [1.54, 1.807) is 0 Å². The Bertz CT molecular complexity index is 474. The van der Waals surface area contributed by atoms with Gasteiger partial charge >= 0.3 is 0 Å². The number of rotatable bonds is 5. The van der Waals surface area contributed by atoms with Crippen LogP contribution in [0.15, 0.2) is 0 Å². The van der Waals surface area contributed by atoms with Crippen LogP contribution in [-0.4, -0.2) is 69.6 Å². The maximum Gasteiger partial charge on any atom is 0.150 e. The van der Waals surface area contributed by atoms with E-state index < -0.39 is 9.84 Å². The lowest BCUT2D eigenvalue weighted by Gasteiger charge is -2.39. The maximum atomic E-state index is 11.7. The summed E-state index contributed by atoms with van der Waals surface area (Å²) in [6.45, 7) is 3.59. The van der Waals surface area contributed by atoms with Gasteiger partial charge in [-0.3, -0.25) is 5.32 Å². The van der Waals surface area contributed by atoms with Crippen LogP contribution in [0.3, 0.4) is 0 Å². The first kappa shape index (κ1) is 17.9. The van der Waals surface area contributed by atoms with Gasteiger partial charge in [0.1, 0.15) is 16.1 Å². The fourth-order valence-electron chi connectivity index (χ4n) is 3.85. The van der Waals surface area contributed by atoms with Crippen molar-refractivity contribution in [3.8, 4) is 0 Å². The third kappa shape index (κ3) is 5.06. The van der Waals surface area contributed by atoms with Crippen molar-refractivity contribution >= 4 is 21.6 Å². The van der Waals surface area contributed by atoms with Crippen molar-refractivity contribution in [1.82, 2.24) is 16.0 Å². The molecular weight excluding hydrogens is 334 g/mol. The third-order valence-corrected chi connectivity index (χ3v) is 8.06. The zero-order chi connectivity index (χ0) is 16.3. The molecule has 2 aliphatic heterocycles. The zero-order valence-corrected chi connectivity index (χ0v) is 15.4. The Morgan fingerprint density at radius 2 is 1.96 bits per heavy atom. The van der Waals surface area contributed by atoms with Gasteiger partial charge in [-0.25, -0.2) is 8.42 Å². The third-order valence-electron chi connectivity index (χ3n) is 5.23. The first-order chi connectivity index (χ1) is 11.0. The second-order valence-electron chi connectivity index (χ2n) is 6.93. The first-order valence-electron chi connectivity index (χ1n) is 8.64. The van der Waals surface area contributed by atoms with Gasteiger partial charge in [0.05, 0.1) is 17.2 Å². The molecule has 1 aliphatic carbocycles. The molecule has 0 aromatic rings. The van der Waals surface area contributed by atoms with Crippen LogP contribution >= 0.6 is 11.8 Å². The van der Waals surface area contributed by atoms with Crippen molar-refractivity contribution in [3.63, 3.8) is 0 Å². The molecule has 3 aliphatic rings. The highest BCUT2D eigenvalue weighted by Crippen LogP contribution is 2.31. The van der Waals surface area contributed by atoms with Gasteiger partial charge < -0.3 is 15.4 Å². The Labute approximate surface area is 143 Å². The molecule has 6 nitrogen and oxygen atoms in total. The Hall–Kier alpha value is 0.140. The molecule has 0 spiro atoms. The van der Waals surface area contributed by atoms with Crippen LogP contribution < -0.4 is 16.0 Å². The number of piperazine rings is 1. The van der Waals surface area contributed by atoms with Crippen LogP contribution in [0.2, 0.25) is 0 Å². The molecule has 0 bridgehead atoms. The molecule has 3 N–H and O–H groups in total. The molecule has 3 unspecified atom stereocenters.